The van der Waals surface area contributed by atoms with E-state index in [0.717, 1.165) is 25.9 Å². The Kier molecular flexibility index (Phi) is 3.53. The third kappa shape index (κ3) is 2.47. The van der Waals surface area contributed by atoms with E-state index in [2.05, 4.69) is 19.2 Å². The van der Waals surface area contributed by atoms with Gasteiger partial charge in [0.2, 0.25) is 5.91 Å². The first-order chi connectivity index (χ1) is 6.46. The maximum absolute atomic E-state index is 12.1. The molecule has 3 nitrogen and oxygen atoms in total. The molecule has 1 heterocycles. The van der Waals surface area contributed by atoms with E-state index in [1.807, 2.05) is 18.9 Å². The van der Waals surface area contributed by atoms with E-state index in [1.54, 1.807) is 0 Å². The van der Waals surface area contributed by atoms with Crippen molar-refractivity contribution in [2.75, 3.05) is 20.1 Å². The third-order valence-electron chi connectivity index (χ3n) is 2.83. The van der Waals surface area contributed by atoms with Crippen LogP contribution >= 0.6 is 0 Å². The van der Waals surface area contributed by atoms with E-state index >= 15 is 0 Å². The van der Waals surface area contributed by atoms with Crippen LogP contribution in [0.5, 0.6) is 0 Å². The van der Waals surface area contributed by atoms with Crippen LogP contribution in [0.3, 0.4) is 0 Å². The normalized spacial score (nSPS) is 26.9. The molecule has 1 unspecified atom stereocenters. The smallest absolute Gasteiger partial charge is 0.242 e. The van der Waals surface area contributed by atoms with Gasteiger partial charge in [-0.15, -0.1) is 0 Å². The zero-order valence-corrected chi connectivity index (χ0v) is 9.76. The summed E-state index contributed by atoms with van der Waals surface area (Å²) in [5.41, 5.74) is -0.302. The summed E-state index contributed by atoms with van der Waals surface area (Å²) in [6, 6.07) is 0. The zero-order valence-electron chi connectivity index (χ0n) is 9.76. The van der Waals surface area contributed by atoms with Gasteiger partial charge in [-0.2, -0.15) is 0 Å². The van der Waals surface area contributed by atoms with Gasteiger partial charge < -0.3 is 10.2 Å². The standard InChI is InChI=1S/C11H22N2O/c1-9(2)8-13(4)10(14)11(3)6-5-7-12-11/h9,12H,5-8H2,1-4H3. The summed E-state index contributed by atoms with van der Waals surface area (Å²) < 4.78 is 0. The average molecular weight is 198 g/mol. The summed E-state index contributed by atoms with van der Waals surface area (Å²) in [6.07, 6.45) is 2.08. The van der Waals surface area contributed by atoms with E-state index < -0.39 is 0 Å². The number of carbonyl (C=O) groups excluding carboxylic acids is 1. The number of amides is 1. The molecule has 0 radical (unpaired) electrons. The third-order valence-corrected chi connectivity index (χ3v) is 2.83. The van der Waals surface area contributed by atoms with Gasteiger partial charge in [0.1, 0.15) is 0 Å². The van der Waals surface area contributed by atoms with Crippen LogP contribution in [-0.2, 0) is 4.79 Å². The first-order valence-corrected chi connectivity index (χ1v) is 5.46. The van der Waals surface area contributed by atoms with Gasteiger partial charge in [0, 0.05) is 13.6 Å². The minimum absolute atomic E-state index is 0.240. The fraction of sp³-hybridized carbons (Fsp3) is 0.909. The Morgan fingerprint density at radius 1 is 1.57 bits per heavy atom. The summed E-state index contributed by atoms with van der Waals surface area (Å²) in [5.74, 6) is 0.776. The Hall–Kier alpha value is -0.570. The van der Waals surface area contributed by atoms with Crippen molar-refractivity contribution in [2.45, 2.75) is 39.2 Å². The van der Waals surface area contributed by atoms with Crippen LogP contribution in [0, 0.1) is 5.92 Å². The molecule has 0 bridgehead atoms. The van der Waals surface area contributed by atoms with Crippen molar-refractivity contribution in [1.82, 2.24) is 10.2 Å². The number of hydrogen-bond donors (Lipinski definition) is 1. The molecule has 14 heavy (non-hydrogen) atoms. The molecule has 82 valence electrons. The van der Waals surface area contributed by atoms with Crippen molar-refractivity contribution in [3.05, 3.63) is 0 Å². The number of likely N-dealkylation sites (N-methyl/N-ethyl adjacent to an activating group) is 1. The molecular formula is C11H22N2O. The highest BCUT2D eigenvalue weighted by molar-refractivity contribution is 5.86. The van der Waals surface area contributed by atoms with Gasteiger partial charge >= 0.3 is 0 Å². The van der Waals surface area contributed by atoms with Crippen molar-refractivity contribution < 1.29 is 4.79 Å². The van der Waals surface area contributed by atoms with Gasteiger partial charge in [0.15, 0.2) is 0 Å². The minimum Gasteiger partial charge on any atom is -0.344 e. The molecular weight excluding hydrogens is 176 g/mol. The van der Waals surface area contributed by atoms with Crippen molar-refractivity contribution in [3.8, 4) is 0 Å². The van der Waals surface area contributed by atoms with Crippen LogP contribution in [0.4, 0.5) is 0 Å². The summed E-state index contributed by atoms with van der Waals surface area (Å²) in [6.45, 7) is 8.09. The molecule has 0 aliphatic carbocycles. The van der Waals surface area contributed by atoms with Crippen LogP contribution in [0.25, 0.3) is 0 Å². The summed E-state index contributed by atoms with van der Waals surface area (Å²) in [5, 5.41) is 3.30. The maximum atomic E-state index is 12.1. The molecule has 0 aromatic carbocycles. The lowest BCUT2D eigenvalue weighted by Crippen LogP contribution is -2.52. The SMILES string of the molecule is CC(C)CN(C)C(=O)C1(C)CCCN1. The Bertz CT molecular complexity index is 207. The van der Waals surface area contributed by atoms with Crippen LogP contribution in [0.2, 0.25) is 0 Å². The molecule has 0 aromatic rings. The molecule has 1 aliphatic rings. The quantitative estimate of drug-likeness (QED) is 0.740. The molecule has 1 saturated heterocycles. The van der Waals surface area contributed by atoms with Crippen LogP contribution < -0.4 is 5.32 Å². The van der Waals surface area contributed by atoms with Gasteiger partial charge in [-0.1, -0.05) is 13.8 Å². The van der Waals surface area contributed by atoms with Crippen LogP contribution in [0.15, 0.2) is 0 Å². The number of rotatable bonds is 3. The van der Waals surface area contributed by atoms with Gasteiger partial charge in [0.25, 0.3) is 0 Å². The highest BCUT2D eigenvalue weighted by atomic mass is 16.2. The fourth-order valence-corrected chi connectivity index (χ4v) is 2.13. The zero-order chi connectivity index (χ0) is 10.8. The van der Waals surface area contributed by atoms with Crippen LogP contribution in [0.1, 0.15) is 33.6 Å². The van der Waals surface area contributed by atoms with E-state index in [4.69, 9.17) is 0 Å². The van der Waals surface area contributed by atoms with E-state index in [-0.39, 0.29) is 11.4 Å². The molecule has 1 fully saturated rings. The second-order valence-electron chi connectivity index (χ2n) is 4.94. The topological polar surface area (TPSA) is 32.3 Å². The molecule has 3 heteroatoms. The second kappa shape index (κ2) is 4.30. The highest BCUT2D eigenvalue weighted by Gasteiger charge is 2.37. The lowest BCUT2D eigenvalue weighted by molar-refractivity contribution is -0.136. The largest absolute Gasteiger partial charge is 0.344 e. The molecule has 0 aromatic heterocycles. The fourth-order valence-electron chi connectivity index (χ4n) is 2.13. The molecule has 0 saturated carbocycles. The van der Waals surface area contributed by atoms with E-state index in [0.29, 0.717) is 5.92 Å². The van der Waals surface area contributed by atoms with Gasteiger partial charge in [-0.05, 0) is 32.2 Å². The van der Waals surface area contributed by atoms with Crippen molar-refractivity contribution in [2.24, 2.45) is 5.92 Å². The second-order valence-corrected chi connectivity index (χ2v) is 4.94. The first-order valence-electron chi connectivity index (χ1n) is 5.46. The molecule has 1 amide bonds. The highest BCUT2D eigenvalue weighted by Crippen LogP contribution is 2.20. The monoisotopic (exact) mass is 198 g/mol. The average Bonchev–Trinajstić information content (AvgIpc) is 2.51. The lowest BCUT2D eigenvalue weighted by atomic mass is 9.98. The number of carbonyl (C=O) groups is 1. The predicted molar refractivity (Wildman–Crippen MR) is 58.1 cm³/mol. The summed E-state index contributed by atoms with van der Waals surface area (Å²) in [4.78, 5) is 13.9. The van der Waals surface area contributed by atoms with Gasteiger partial charge in [-0.3, -0.25) is 4.79 Å². The number of hydrogen-bond acceptors (Lipinski definition) is 2. The van der Waals surface area contributed by atoms with E-state index in [1.165, 1.54) is 0 Å². The summed E-state index contributed by atoms with van der Waals surface area (Å²) >= 11 is 0. The Morgan fingerprint density at radius 2 is 2.21 bits per heavy atom. The Morgan fingerprint density at radius 3 is 2.64 bits per heavy atom. The molecule has 0 spiro atoms. The number of nitrogens with one attached hydrogen (secondary N) is 1. The van der Waals surface area contributed by atoms with Crippen molar-refractivity contribution in [1.29, 1.82) is 0 Å². The molecule has 1 rings (SSSR count). The summed E-state index contributed by atoms with van der Waals surface area (Å²) in [7, 11) is 1.90. The van der Waals surface area contributed by atoms with Gasteiger partial charge in [0.05, 0.1) is 5.54 Å². The van der Waals surface area contributed by atoms with Gasteiger partial charge in [-0.25, -0.2) is 0 Å². The lowest BCUT2D eigenvalue weighted by Gasteiger charge is -2.30. The Balaban J connectivity index is 2.55. The van der Waals surface area contributed by atoms with Crippen molar-refractivity contribution >= 4 is 5.91 Å². The van der Waals surface area contributed by atoms with Crippen LogP contribution in [-0.4, -0.2) is 36.5 Å². The number of nitrogens with zero attached hydrogens (tertiary/aromatic N) is 1. The van der Waals surface area contributed by atoms with Crippen molar-refractivity contribution in [3.63, 3.8) is 0 Å². The Labute approximate surface area is 86.9 Å². The van der Waals surface area contributed by atoms with E-state index in [9.17, 15) is 4.79 Å². The molecule has 1 atom stereocenters. The first kappa shape index (κ1) is 11.5. The maximum Gasteiger partial charge on any atom is 0.242 e. The predicted octanol–water partition coefficient (Wildman–Crippen LogP) is 1.24. The molecule has 1 aliphatic heterocycles. The molecule has 1 N–H and O–H groups in total. The minimum atomic E-state index is -0.302.